The molecule has 1 atom stereocenters. The Morgan fingerprint density at radius 2 is 2.00 bits per heavy atom. The first-order valence-electron chi connectivity index (χ1n) is 7.96. The Kier molecular flexibility index (Phi) is 5.95. The SMILES string of the molecule is CN1N=NN(OCc2ccc(Cl)c(Cl)c2)C1c1ccccc1/C=C/C(=O)O. The van der Waals surface area contributed by atoms with E-state index in [0.29, 0.717) is 10.0 Å². The van der Waals surface area contributed by atoms with Crippen LogP contribution in [0.3, 0.4) is 0 Å². The number of carbonyl (C=O) groups is 1. The second-order valence-electron chi connectivity index (χ2n) is 5.75. The van der Waals surface area contributed by atoms with Crippen LogP contribution in [-0.2, 0) is 16.2 Å². The van der Waals surface area contributed by atoms with Gasteiger partial charge in [-0.05, 0) is 39.8 Å². The minimum Gasteiger partial charge on any atom is -0.478 e. The van der Waals surface area contributed by atoms with Gasteiger partial charge in [0, 0.05) is 18.7 Å². The van der Waals surface area contributed by atoms with E-state index in [1.54, 1.807) is 24.2 Å². The molecule has 0 saturated heterocycles. The van der Waals surface area contributed by atoms with Crippen LogP contribution in [0.25, 0.3) is 6.08 Å². The second kappa shape index (κ2) is 8.39. The van der Waals surface area contributed by atoms with Crippen LogP contribution >= 0.6 is 23.2 Å². The number of halogens is 2. The first kappa shape index (κ1) is 19.2. The largest absolute Gasteiger partial charge is 0.478 e. The summed E-state index contributed by atoms with van der Waals surface area (Å²) in [6.45, 7) is 0.216. The summed E-state index contributed by atoms with van der Waals surface area (Å²) < 4.78 is 0. The van der Waals surface area contributed by atoms with Gasteiger partial charge in [0.2, 0.25) is 0 Å². The van der Waals surface area contributed by atoms with Crippen molar-refractivity contribution in [2.24, 2.45) is 10.4 Å². The van der Waals surface area contributed by atoms with E-state index in [9.17, 15) is 4.79 Å². The quantitative estimate of drug-likeness (QED) is 0.700. The minimum atomic E-state index is -1.02. The molecule has 0 aliphatic carbocycles. The fourth-order valence-electron chi connectivity index (χ4n) is 2.59. The number of hydroxylamine groups is 1. The van der Waals surface area contributed by atoms with E-state index in [1.807, 2.05) is 30.3 Å². The minimum absolute atomic E-state index is 0.216. The number of carboxylic acids is 1. The molecule has 0 fully saturated rings. The molecule has 1 aliphatic rings. The molecule has 2 aromatic rings. The lowest BCUT2D eigenvalue weighted by Gasteiger charge is -2.26. The molecule has 1 N–H and O–H groups in total. The van der Waals surface area contributed by atoms with Gasteiger partial charge in [-0.25, -0.2) is 14.6 Å². The fraction of sp³-hybridized carbons (Fsp3) is 0.167. The maximum absolute atomic E-state index is 10.9. The van der Waals surface area contributed by atoms with Crippen molar-refractivity contribution >= 4 is 35.2 Å². The van der Waals surface area contributed by atoms with E-state index in [0.717, 1.165) is 22.8 Å². The van der Waals surface area contributed by atoms with E-state index in [-0.39, 0.29) is 6.61 Å². The Morgan fingerprint density at radius 3 is 2.74 bits per heavy atom. The summed E-state index contributed by atoms with van der Waals surface area (Å²) in [4.78, 5) is 16.6. The number of aliphatic carboxylic acids is 1. The molecule has 0 aromatic heterocycles. The summed E-state index contributed by atoms with van der Waals surface area (Å²) >= 11 is 12.0. The standard InChI is InChI=1S/C18H16Cl2N4O3/c1-23-18(14-5-3-2-4-13(14)7-9-17(25)26)24(22-21-23)27-11-12-6-8-15(19)16(20)10-12/h2-10,18H,11H2,1H3,(H,25,26)/b9-7+. The summed E-state index contributed by atoms with van der Waals surface area (Å²) in [5, 5.41) is 20.9. The maximum Gasteiger partial charge on any atom is 0.328 e. The molecule has 9 heteroatoms. The van der Waals surface area contributed by atoms with Crippen molar-refractivity contribution in [3.8, 4) is 0 Å². The van der Waals surface area contributed by atoms with Crippen LogP contribution in [0, 0.1) is 0 Å². The van der Waals surface area contributed by atoms with Crippen LogP contribution in [0.5, 0.6) is 0 Å². The molecule has 7 nitrogen and oxygen atoms in total. The van der Waals surface area contributed by atoms with Crippen LogP contribution in [0.1, 0.15) is 22.9 Å². The Labute approximate surface area is 166 Å². The molecule has 140 valence electrons. The third kappa shape index (κ3) is 4.57. The van der Waals surface area contributed by atoms with Gasteiger partial charge in [0.15, 0.2) is 6.17 Å². The summed E-state index contributed by atoms with van der Waals surface area (Å²) in [6, 6.07) is 12.6. The highest BCUT2D eigenvalue weighted by Gasteiger charge is 2.31. The highest BCUT2D eigenvalue weighted by molar-refractivity contribution is 6.42. The number of rotatable bonds is 6. The van der Waals surface area contributed by atoms with Gasteiger partial charge in [0.05, 0.1) is 10.0 Å². The lowest BCUT2D eigenvalue weighted by Crippen LogP contribution is -2.29. The Bertz CT molecular complexity index is 904. The van der Waals surface area contributed by atoms with Gasteiger partial charge in [0.1, 0.15) is 6.61 Å². The molecule has 1 heterocycles. The van der Waals surface area contributed by atoms with E-state index >= 15 is 0 Å². The molecular weight excluding hydrogens is 391 g/mol. The van der Waals surface area contributed by atoms with Crippen molar-refractivity contribution in [2.45, 2.75) is 12.8 Å². The van der Waals surface area contributed by atoms with Crippen molar-refractivity contribution in [3.63, 3.8) is 0 Å². The van der Waals surface area contributed by atoms with Crippen LogP contribution in [0.2, 0.25) is 10.0 Å². The number of hydrogen-bond acceptors (Lipinski definition) is 6. The molecule has 0 spiro atoms. The third-order valence-corrected chi connectivity index (χ3v) is 4.60. The zero-order chi connectivity index (χ0) is 19.4. The molecule has 1 unspecified atom stereocenters. The Hall–Kier alpha value is -2.61. The normalized spacial score (nSPS) is 16.5. The van der Waals surface area contributed by atoms with Crippen LogP contribution < -0.4 is 0 Å². The van der Waals surface area contributed by atoms with Crippen molar-refractivity contribution < 1.29 is 14.7 Å². The van der Waals surface area contributed by atoms with Gasteiger partial charge in [-0.2, -0.15) is 0 Å². The van der Waals surface area contributed by atoms with Gasteiger partial charge < -0.3 is 5.11 Å². The van der Waals surface area contributed by atoms with E-state index in [4.69, 9.17) is 33.1 Å². The van der Waals surface area contributed by atoms with Crippen molar-refractivity contribution in [1.82, 2.24) is 10.2 Å². The van der Waals surface area contributed by atoms with Crippen LogP contribution in [0.4, 0.5) is 0 Å². The third-order valence-electron chi connectivity index (χ3n) is 3.86. The topological polar surface area (TPSA) is 77.7 Å². The summed E-state index contributed by atoms with van der Waals surface area (Å²) in [7, 11) is 1.76. The average molecular weight is 407 g/mol. The van der Waals surface area contributed by atoms with E-state index in [1.165, 1.54) is 11.2 Å². The Morgan fingerprint density at radius 1 is 1.22 bits per heavy atom. The monoisotopic (exact) mass is 406 g/mol. The Balaban J connectivity index is 1.80. The molecule has 1 aliphatic heterocycles. The zero-order valence-electron chi connectivity index (χ0n) is 14.3. The maximum atomic E-state index is 10.9. The van der Waals surface area contributed by atoms with E-state index < -0.39 is 12.1 Å². The van der Waals surface area contributed by atoms with Gasteiger partial charge >= 0.3 is 5.97 Å². The number of carboxylic acid groups (broad SMARTS) is 1. The van der Waals surface area contributed by atoms with Gasteiger partial charge in [-0.3, -0.25) is 0 Å². The van der Waals surface area contributed by atoms with Crippen LogP contribution in [-0.4, -0.2) is 28.3 Å². The second-order valence-corrected chi connectivity index (χ2v) is 6.57. The summed E-state index contributed by atoms with van der Waals surface area (Å²) in [5.74, 6) is -1.02. The molecule has 0 amide bonds. The lowest BCUT2D eigenvalue weighted by atomic mass is 10.0. The van der Waals surface area contributed by atoms with Gasteiger partial charge in [-0.15, -0.1) is 5.17 Å². The fourth-order valence-corrected chi connectivity index (χ4v) is 2.91. The first-order chi connectivity index (χ1) is 13.0. The number of nitrogens with zero attached hydrogens (tertiary/aromatic N) is 4. The molecule has 0 saturated carbocycles. The summed E-state index contributed by atoms with van der Waals surface area (Å²) in [6.07, 6.45) is 2.17. The number of hydrogen-bond donors (Lipinski definition) is 1. The molecule has 2 aromatic carbocycles. The molecule has 3 rings (SSSR count). The lowest BCUT2D eigenvalue weighted by molar-refractivity contribution is -0.207. The van der Waals surface area contributed by atoms with Crippen LogP contribution in [0.15, 0.2) is 59.0 Å². The molecule has 0 bridgehead atoms. The van der Waals surface area contributed by atoms with E-state index in [2.05, 4.69) is 10.4 Å². The number of benzene rings is 2. The zero-order valence-corrected chi connectivity index (χ0v) is 15.8. The smallest absolute Gasteiger partial charge is 0.328 e. The summed E-state index contributed by atoms with van der Waals surface area (Å²) in [5.41, 5.74) is 2.36. The predicted octanol–water partition coefficient (Wildman–Crippen LogP) is 4.75. The van der Waals surface area contributed by atoms with Crippen molar-refractivity contribution in [1.29, 1.82) is 0 Å². The highest BCUT2D eigenvalue weighted by Crippen LogP contribution is 2.33. The molecule has 27 heavy (non-hydrogen) atoms. The average Bonchev–Trinajstić information content (AvgIpc) is 3.01. The molecule has 0 radical (unpaired) electrons. The van der Waals surface area contributed by atoms with Gasteiger partial charge in [0.25, 0.3) is 0 Å². The molecular formula is C18H16Cl2N4O3. The first-order valence-corrected chi connectivity index (χ1v) is 8.71. The van der Waals surface area contributed by atoms with Crippen molar-refractivity contribution in [3.05, 3.63) is 75.3 Å². The highest BCUT2D eigenvalue weighted by atomic mass is 35.5. The predicted molar refractivity (Wildman–Crippen MR) is 102 cm³/mol. The van der Waals surface area contributed by atoms with Gasteiger partial charge in [-0.1, -0.05) is 53.5 Å². The van der Waals surface area contributed by atoms with Crippen molar-refractivity contribution in [2.75, 3.05) is 7.05 Å².